The second kappa shape index (κ2) is 8.52. The Kier molecular flexibility index (Phi) is 6.40. The van der Waals surface area contributed by atoms with Crippen molar-refractivity contribution in [3.63, 3.8) is 0 Å². The van der Waals surface area contributed by atoms with Gasteiger partial charge >= 0.3 is 0 Å². The average molecular weight is 350 g/mol. The molecule has 0 saturated carbocycles. The molecule has 2 heterocycles. The molecular formula is C17H20ClN3O3. The number of rotatable bonds is 5. The van der Waals surface area contributed by atoms with Crippen LogP contribution in [0.25, 0.3) is 0 Å². The predicted octanol–water partition coefficient (Wildman–Crippen LogP) is 2.99. The first kappa shape index (κ1) is 18.0. The Hall–Kier alpha value is -2.31. The van der Waals surface area contributed by atoms with E-state index in [1.54, 1.807) is 25.4 Å². The van der Waals surface area contributed by atoms with E-state index < -0.39 is 0 Å². The third kappa shape index (κ3) is 4.59. The average Bonchev–Trinajstić information content (AvgIpc) is 3.12. The normalized spacial score (nSPS) is 16.1. The number of methoxy groups -OCH3 is 1. The zero-order chi connectivity index (χ0) is 16.1. The van der Waals surface area contributed by atoms with Crippen molar-refractivity contribution < 1.29 is 14.3 Å². The molecule has 1 aliphatic heterocycles. The topological polar surface area (TPSA) is 72.5 Å². The van der Waals surface area contributed by atoms with Crippen LogP contribution in [0.4, 0.5) is 5.69 Å². The molecule has 1 amide bonds. The molecule has 24 heavy (non-hydrogen) atoms. The molecule has 1 atom stereocenters. The Labute approximate surface area is 147 Å². The first-order chi connectivity index (χ1) is 11.2. The van der Waals surface area contributed by atoms with Crippen LogP contribution in [0, 0.1) is 0 Å². The lowest BCUT2D eigenvalue weighted by atomic mass is 10.2. The van der Waals surface area contributed by atoms with Gasteiger partial charge in [-0.2, -0.15) is 0 Å². The van der Waals surface area contributed by atoms with E-state index in [2.05, 4.69) is 15.6 Å². The highest BCUT2D eigenvalue weighted by Crippen LogP contribution is 2.23. The second-order valence-corrected chi connectivity index (χ2v) is 5.30. The molecule has 2 N–H and O–H groups in total. The van der Waals surface area contributed by atoms with E-state index in [9.17, 15) is 4.79 Å². The molecule has 0 aliphatic carbocycles. The molecule has 128 valence electrons. The van der Waals surface area contributed by atoms with Crippen LogP contribution in [0.5, 0.6) is 17.4 Å². The van der Waals surface area contributed by atoms with Crippen LogP contribution >= 0.6 is 12.4 Å². The maximum absolute atomic E-state index is 12.0. The van der Waals surface area contributed by atoms with E-state index in [-0.39, 0.29) is 24.4 Å². The van der Waals surface area contributed by atoms with Crippen molar-refractivity contribution in [3.05, 3.63) is 42.6 Å². The Morgan fingerprint density at radius 1 is 1.21 bits per heavy atom. The highest BCUT2D eigenvalue weighted by molar-refractivity contribution is 5.94. The third-order valence-electron chi connectivity index (χ3n) is 3.66. The minimum absolute atomic E-state index is 0. The molecule has 1 aromatic carbocycles. The van der Waals surface area contributed by atoms with E-state index in [0.29, 0.717) is 17.3 Å². The van der Waals surface area contributed by atoms with Crippen LogP contribution in [0.3, 0.4) is 0 Å². The number of carbonyl (C=O) groups is 1. The number of hydrogen-bond acceptors (Lipinski definition) is 5. The highest BCUT2D eigenvalue weighted by atomic mass is 35.5. The largest absolute Gasteiger partial charge is 0.497 e. The van der Waals surface area contributed by atoms with Crippen LogP contribution in [0.1, 0.15) is 12.8 Å². The summed E-state index contributed by atoms with van der Waals surface area (Å²) in [6.45, 7) is 0.894. The fourth-order valence-corrected chi connectivity index (χ4v) is 2.42. The standard InChI is InChI=1S/C17H19N3O3.ClH/c1-22-13-5-7-14(8-6-13)23-16-9-4-12(11-19-16)20-17(21)15-3-2-10-18-15;/h4-9,11,15,18H,2-3,10H2,1H3,(H,20,21);1H. The van der Waals surface area contributed by atoms with Gasteiger partial charge in [-0.3, -0.25) is 4.79 Å². The van der Waals surface area contributed by atoms with E-state index in [4.69, 9.17) is 9.47 Å². The van der Waals surface area contributed by atoms with Crippen LogP contribution in [-0.2, 0) is 4.79 Å². The van der Waals surface area contributed by atoms with Crippen molar-refractivity contribution in [1.29, 1.82) is 0 Å². The molecule has 0 spiro atoms. The van der Waals surface area contributed by atoms with Crippen LogP contribution in [-0.4, -0.2) is 30.6 Å². The number of ether oxygens (including phenoxy) is 2. The van der Waals surface area contributed by atoms with E-state index in [0.717, 1.165) is 25.1 Å². The molecule has 0 radical (unpaired) electrons. The van der Waals surface area contributed by atoms with Gasteiger partial charge in [-0.15, -0.1) is 12.4 Å². The molecule has 2 aromatic rings. The van der Waals surface area contributed by atoms with Crippen molar-refractivity contribution in [2.75, 3.05) is 19.0 Å². The van der Waals surface area contributed by atoms with Crippen LogP contribution < -0.4 is 20.1 Å². The molecule has 1 aromatic heterocycles. The van der Waals surface area contributed by atoms with Gasteiger partial charge < -0.3 is 20.1 Å². The number of nitrogens with one attached hydrogen (secondary N) is 2. The number of benzene rings is 1. The summed E-state index contributed by atoms with van der Waals surface area (Å²) in [5.74, 6) is 1.88. The Balaban J connectivity index is 0.00000208. The van der Waals surface area contributed by atoms with E-state index in [1.807, 2.05) is 24.3 Å². The van der Waals surface area contributed by atoms with Crippen molar-refractivity contribution in [2.24, 2.45) is 0 Å². The summed E-state index contributed by atoms with van der Waals surface area (Å²) < 4.78 is 10.7. The lowest BCUT2D eigenvalue weighted by Crippen LogP contribution is -2.35. The van der Waals surface area contributed by atoms with Crippen molar-refractivity contribution in [3.8, 4) is 17.4 Å². The minimum atomic E-state index is -0.106. The van der Waals surface area contributed by atoms with Gasteiger partial charge in [-0.1, -0.05) is 0 Å². The van der Waals surface area contributed by atoms with Crippen LogP contribution in [0.15, 0.2) is 42.6 Å². The number of halogens is 1. The molecule has 1 fully saturated rings. The first-order valence-electron chi connectivity index (χ1n) is 7.57. The molecule has 6 nitrogen and oxygen atoms in total. The summed E-state index contributed by atoms with van der Waals surface area (Å²) in [4.78, 5) is 16.2. The Morgan fingerprint density at radius 2 is 1.96 bits per heavy atom. The molecule has 3 rings (SSSR count). The Morgan fingerprint density at radius 3 is 2.54 bits per heavy atom. The molecule has 7 heteroatoms. The summed E-state index contributed by atoms with van der Waals surface area (Å²) in [6.07, 6.45) is 3.49. The van der Waals surface area contributed by atoms with Gasteiger partial charge in [0.05, 0.1) is 25.0 Å². The molecule has 1 aliphatic rings. The quantitative estimate of drug-likeness (QED) is 0.868. The summed E-state index contributed by atoms with van der Waals surface area (Å²) in [5, 5.41) is 6.02. The number of hydrogen-bond donors (Lipinski definition) is 2. The first-order valence-corrected chi connectivity index (χ1v) is 7.57. The van der Waals surface area contributed by atoms with E-state index >= 15 is 0 Å². The fourth-order valence-electron chi connectivity index (χ4n) is 2.42. The lowest BCUT2D eigenvalue weighted by Gasteiger charge is -2.11. The van der Waals surface area contributed by atoms with Crippen molar-refractivity contribution in [2.45, 2.75) is 18.9 Å². The zero-order valence-electron chi connectivity index (χ0n) is 13.3. The van der Waals surface area contributed by atoms with E-state index in [1.165, 1.54) is 0 Å². The fraction of sp³-hybridized carbons (Fsp3) is 0.294. The maximum Gasteiger partial charge on any atom is 0.241 e. The summed E-state index contributed by atoms with van der Waals surface area (Å²) in [7, 11) is 1.62. The highest BCUT2D eigenvalue weighted by Gasteiger charge is 2.21. The number of nitrogens with zero attached hydrogens (tertiary/aromatic N) is 1. The molecule has 1 unspecified atom stereocenters. The smallest absolute Gasteiger partial charge is 0.241 e. The summed E-state index contributed by atoms with van der Waals surface area (Å²) in [6, 6.07) is 10.6. The van der Waals surface area contributed by atoms with Gasteiger partial charge in [0.2, 0.25) is 11.8 Å². The van der Waals surface area contributed by atoms with Gasteiger partial charge in [0.1, 0.15) is 11.5 Å². The second-order valence-electron chi connectivity index (χ2n) is 5.30. The number of aromatic nitrogens is 1. The summed E-state index contributed by atoms with van der Waals surface area (Å²) in [5.41, 5.74) is 0.658. The van der Waals surface area contributed by atoms with Crippen molar-refractivity contribution in [1.82, 2.24) is 10.3 Å². The number of amides is 1. The molecular weight excluding hydrogens is 330 g/mol. The third-order valence-corrected chi connectivity index (χ3v) is 3.66. The number of anilines is 1. The predicted molar refractivity (Wildman–Crippen MR) is 94.2 cm³/mol. The molecule has 0 bridgehead atoms. The Bertz CT molecular complexity index is 656. The van der Waals surface area contributed by atoms with Gasteiger partial charge in [0.25, 0.3) is 0 Å². The minimum Gasteiger partial charge on any atom is -0.497 e. The number of pyridine rings is 1. The van der Waals surface area contributed by atoms with Crippen molar-refractivity contribution >= 4 is 24.0 Å². The van der Waals surface area contributed by atoms with Gasteiger partial charge in [0.15, 0.2) is 0 Å². The molecule has 1 saturated heterocycles. The lowest BCUT2D eigenvalue weighted by molar-refractivity contribution is -0.117. The number of carbonyl (C=O) groups excluding carboxylic acids is 1. The monoisotopic (exact) mass is 349 g/mol. The van der Waals surface area contributed by atoms with Gasteiger partial charge in [-0.25, -0.2) is 4.98 Å². The van der Waals surface area contributed by atoms with Gasteiger partial charge in [0, 0.05) is 6.07 Å². The van der Waals surface area contributed by atoms with Gasteiger partial charge in [-0.05, 0) is 49.7 Å². The van der Waals surface area contributed by atoms with Crippen LogP contribution in [0.2, 0.25) is 0 Å². The summed E-state index contributed by atoms with van der Waals surface area (Å²) >= 11 is 0. The SMILES string of the molecule is COc1ccc(Oc2ccc(NC(=O)C3CCCN3)cn2)cc1.Cl. The zero-order valence-corrected chi connectivity index (χ0v) is 14.1. The maximum atomic E-state index is 12.0.